The van der Waals surface area contributed by atoms with Crippen LogP contribution in [0.1, 0.15) is 23.1 Å². The lowest BCUT2D eigenvalue weighted by atomic mass is 10.1. The van der Waals surface area contributed by atoms with E-state index in [1.54, 1.807) is 6.07 Å². The van der Waals surface area contributed by atoms with Crippen molar-refractivity contribution in [1.82, 2.24) is 0 Å². The van der Waals surface area contributed by atoms with Crippen LogP contribution in [0.5, 0.6) is 0 Å². The standard InChI is InChI=1S/C17H15F3N2S/c18-17(19,20)13-5-2-6-14(10-13)21-16(23)22-15-8-7-11-3-1-4-12(11)9-15/h2,5-10H,1,3-4H2,(H2,21,22,23). The second-order valence-electron chi connectivity index (χ2n) is 5.49. The lowest BCUT2D eigenvalue weighted by Gasteiger charge is -2.13. The van der Waals surface area contributed by atoms with Gasteiger partial charge in [0, 0.05) is 11.4 Å². The minimum atomic E-state index is -4.37. The first-order chi connectivity index (χ1) is 10.9. The van der Waals surface area contributed by atoms with Crippen LogP contribution in [0.15, 0.2) is 42.5 Å². The molecule has 0 amide bonds. The first-order valence-corrected chi connectivity index (χ1v) is 7.70. The topological polar surface area (TPSA) is 24.1 Å². The van der Waals surface area contributed by atoms with Crippen LogP contribution in [-0.4, -0.2) is 5.11 Å². The zero-order chi connectivity index (χ0) is 16.4. The molecule has 6 heteroatoms. The van der Waals surface area contributed by atoms with Crippen molar-refractivity contribution in [3.05, 3.63) is 59.2 Å². The van der Waals surface area contributed by atoms with E-state index in [1.165, 1.54) is 17.2 Å². The Labute approximate surface area is 137 Å². The van der Waals surface area contributed by atoms with Gasteiger partial charge in [-0.3, -0.25) is 0 Å². The SMILES string of the molecule is FC(F)(F)c1cccc(NC(=S)Nc2ccc3c(c2)CCC3)c1. The van der Waals surface area contributed by atoms with Crippen LogP contribution >= 0.6 is 12.2 Å². The van der Waals surface area contributed by atoms with E-state index >= 15 is 0 Å². The van der Waals surface area contributed by atoms with Crippen molar-refractivity contribution in [3.8, 4) is 0 Å². The summed E-state index contributed by atoms with van der Waals surface area (Å²) in [5.41, 5.74) is 3.10. The van der Waals surface area contributed by atoms with Crippen molar-refractivity contribution >= 4 is 28.7 Å². The molecule has 0 fully saturated rings. The second kappa shape index (κ2) is 6.20. The molecule has 2 aromatic rings. The first kappa shape index (κ1) is 15.8. The molecule has 2 aromatic carbocycles. The molecule has 0 aromatic heterocycles. The summed E-state index contributed by atoms with van der Waals surface area (Å²) >= 11 is 5.18. The largest absolute Gasteiger partial charge is 0.416 e. The summed E-state index contributed by atoms with van der Waals surface area (Å²) in [6.07, 6.45) is -1.06. The molecular formula is C17H15F3N2S. The Morgan fingerprint density at radius 2 is 1.61 bits per heavy atom. The van der Waals surface area contributed by atoms with Gasteiger partial charge in [-0.1, -0.05) is 12.1 Å². The minimum Gasteiger partial charge on any atom is -0.332 e. The van der Waals surface area contributed by atoms with Crippen molar-refractivity contribution in [2.45, 2.75) is 25.4 Å². The van der Waals surface area contributed by atoms with Crippen LogP contribution in [0, 0.1) is 0 Å². The maximum Gasteiger partial charge on any atom is 0.416 e. The number of halogens is 3. The molecule has 0 atom stereocenters. The number of benzene rings is 2. The Balaban J connectivity index is 1.68. The lowest BCUT2D eigenvalue weighted by Crippen LogP contribution is -2.19. The van der Waals surface area contributed by atoms with Gasteiger partial charge in [0.05, 0.1) is 5.56 Å². The molecule has 120 valence electrons. The van der Waals surface area contributed by atoms with Gasteiger partial charge >= 0.3 is 6.18 Å². The highest BCUT2D eigenvalue weighted by Crippen LogP contribution is 2.30. The molecule has 1 aliphatic rings. The predicted octanol–water partition coefficient (Wildman–Crippen LogP) is 5.00. The highest BCUT2D eigenvalue weighted by Gasteiger charge is 2.30. The van der Waals surface area contributed by atoms with Crippen molar-refractivity contribution in [2.24, 2.45) is 0 Å². The van der Waals surface area contributed by atoms with E-state index in [9.17, 15) is 13.2 Å². The van der Waals surface area contributed by atoms with Gasteiger partial charge in [0.1, 0.15) is 0 Å². The summed E-state index contributed by atoms with van der Waals surface area (Å²) in [5.74, 6) is 0. The fourth-order valence-corrected chi connectivity index (χ4v) is 2.95. The molecule has 0 heterocycles. The highest BCUT2D eigenvalue weighted by atomic mass is 32.1. The number of thiocarbonyl (C=S) groups is 1. The van der Waals surface area contributed by atoms with Gasteiger partial charge in [0.15, 0.2) is 5.11 Å². The smallest absolute Gasteiger partial charge is 0.332 e. The summed E-state index contributed by atoms with van der Waals surface area (Å²) < 4.78 is 38.1. The van der Waals surface area contributed by atoms with Crippen LogP contribution in [0.25, 0.3) is 0 Å². The Morgan fingerprint density at radius 3 is 2.35 bits per heavy atom. The Kier molecular flexibility index (Phi) is 4.26. The van der Waals surface area contributed by atoms with E-state index in [0.29, 0.717) is 5.69 Å². The van der Waals surface area contributed by atoms with Crippen LogP contribution < -0.4 is 10.6 Å². The van der Waals surface area contributed by atoms with Crippen LogP contribution in [0.4, 0.5) is 24.5 Å². The molecule has 0 unspecified atom stereocenters. The van der Waals surface area contributed by atoms with Gasteiger partial charge in [-0.05, 0) is 72.9 Å². The van der Waals surface area contributed by atoms with Gasteiger partial charge in [0.2, 0.25) is 0 Å². The zero-order valence-corrected chi connectivity index (χ0v) is 13.0. The molecule has 0 bridgehead atoms. The molecule has 2 nitrogen and oxygen atoms in total. The van der Waals surface area contributed by atoms with E-state index in [-0.39, 0.29) is 5.11 Å². The molecular weight excluding hydrogens is 321 g/mol. The molecule has 1 aliphatic carbocycles. The van der Waals surface area contributed by atoms with Crippen LogP contribution in [0.2, 0.25) is 0 Å². The lowest BCUT2D eigenvalue weighted by molar-refractivity contribution is -0.137. The molecule has 0 spiro atoms. The summed E-state index contributed by atoms with van der Waals surface area (Å²) in [6, 6.07) is 11.0. The number of aryl methyl sites for hydroxylation is 2. The summed E-state index contributed by atoms with van der Waals surface area (Å²) in [6.45, 7) is 0. The number of hydrogen-bond acceptors (Lipinski definition) is 1. The number of alkyl halides is 3. The van der Waals surface area contributed by atoms with E-state index in [0.717, 1.165) is 37.1 Å². The van der Waals surface area contributed by atoms with Crippen LogP contribution in [-0.2, 0) is 19.0 Å². The van der Waals surface area contributed by atoms with Gasteiger partial charge in [-0.15, -0.1) is 0 Å². The normalized spacial score (nSPS) is 13.5. The van der Waals surface area contributed by atoms with Crippen molar-refractivity contribution in [3.63, 3.8) is 0 Å². The third-order valence-electron chi connectivity index (χ3n) is 3.80. The van der Waals surface area contributed by atoms with Gasteiger partial charge < -0.3 is 10.6 Å². The van der Waals surface area contributed by atoms with Crippen molar-refractivity contribution < 1.29 is 13.2 Å². The fraction of sp³-hybridized carbons (Fsp3) is 0.235. The average molecular weight is 336 g/mol. The van der Waals surface area contributed by atoms with Gasteiger partial charge in [-0.2, -0.15) is 13.2 Å². The Hall–Kier alpha value is -2.08. The van der Waals surface area contributed by atoms with E-state index < -0.39 is 11.7 Å². The Bertz CT molecular complexity index is 741. The Morgan fingerprint density at radius 1 is 0.913 bits per heavy atom. The van der Waals surface area contributed by atoms with E-state index in [2.05, 4.69) is 16.7 Å². The zero-order valence-electron chi connectivity index (χ0n) is 12.2. The molecule has 23 heavy (non-hydrogen) atoms. The quantitative estimate of drug-likeness (QED) is 0.755. The van der Waals surface area contributed by atoms with Crippen LogP contribution in [0.3, 0.4) is 0 Å². The summed E-state index contributed by atoms with van der Waals surface area (Å²) in [5, 5.41) is 6.07. The predicted molar refractivity (Wildman–Crippen MR) is 89.8 cm³/mol. The van der Waals surface area contributed by atoms with Crippen molar-refractivity contribution in [1.29, 1.82) is 0 Å². The molecule has 0 saturated carbocycles. The van der Waals surface area contributed by atoms with E-state index in [1.807, 2.05) is 12.1 Å². The minimum absolute atomic E-state index is 0.266. The maximum absolute atomic E-state index is 12.7. The number of anilines is 2. The monoisotopic (exact) mass is 336 g/mol. The molecule has 0 saturated heterocycles. The number of nitrogens with one attached hydrogen (secondary N) is 2. The summed E-state index contributed by atoms with van der Waals surface area (Å²) in [7, 11) is 0. The highest BCUT2D eigenvalue weighted by molar-refractivity contribution is 7.80. The van der Waals surface area contributed by atoms with E-state index in [4.69, 9.17) is 12.2 Å². The molecule has 3 rings (SSSR count). The third kappa shape index (κ3) is 3.82. The average Bonchev–Trinajstić information content (AvgIpc) is 2.94. The number of rotatable bonds is 2. The maximum atomic E-state index is 12.7. The molecule has 2 N–H and O–H groups in total. The molecule has 0 radical (unpaired) electrons. The van der Waals surface area contributed by atoms with Gasteiger partial charge in [-0.25, -0.2) is 0 Å². The number of fused-ring (bicyclic) bond motifs is 1. The van der Waals surface area contributed by atoms with Crippen molar-refractivity contribution in [2.75, 3.05) is 10.6 Å². The fourth-order valence-electron chi connectivity index (χ4n) is 2.72. The second-order valence-corrected chi connectivity index (χ2v) is 5.90. The summed E-state index contributed by atoms with van der Waals surface area (Å²) in [4.78, 5) is 0. The molecule has 0 aliphatic heterocycles. The number of hydrogen-bond donors (Lipinski definition) is 2. The third-order valence-corrected chi connectivity index (χ3v) is 4.01. The van der Waals surface area contributed by atoms with Gasteiger partial charge in [0.25, 0.3) is 0 Å². The first-order valence-electron chi connectivity index (χ1n) is 7.29.